The van der Waals surface area contributed by atoms with Crippen molar-refractivity contribution < 1.29 is 19.8 Å². The first-order chi connectivity index (χ1) is 7.06. The molecule has 0 unspecified atom stereocenters. The maximum atomic E-state index is 10.7. The zero-order valence-electron chi connectivity index (χ0n) is 7.60. The molecule has 0 saturated heterocycles. The number of nitriles is 1. The Labute approximate surface area is 85.2 Å². The van der Waals surface area contributed by atoms with Crippen molar-refractivity contribution in [1.82, 2.24) is 0 Å². The summed E-state index contributed by atoms with van der Waals surface area (Å²) in [4.78, 5) is 21.3. The van der Waals surface area contributed by atoms with Gasteiger partial charge in [-0.2, -0.15) is 5.26 Å². The Morgan fingerprint density at radius 1 is 1.27 bits per heavy atom. The molecular weight excluding hydrogens is 198 g/mol. The SMILES string of the molecule is N#CCc1cc(C(=O)O)ccc1C(=O)O. The van der Waals surface area contributed by atoms with Crippen LogP contribution in [-0.4, -0.2) is 22.2 Å². The first-order valence-electron chi connectivity index (χ1n) is 4.02. The molecule has 0 amide bonds. The van der Waals surface area contributed by atoms with E-state index in [1.807, 2.05) is 0 Å². The summed E-state index contributed by atoms with van der Waals surface area (Å²) in [5, 5.41) is 25.9. The highest BCUT2D eigenvalue weighted by atomic mass is 16.4. The minimum atomic E-state index is -1.17. The molecule has 0 aromatic heterocycles. The minimum absolute atomic E-state index is 0.0229. The molecule has 0 fully saturated rings. The molecule has 0 radical (unpaired) electrons. The number of hydrogen-bond donors (Lipinski definition) is 2. The van der Waals surface area contributed by atoms with E-state index < -0.39 is 11.9 Å². The van der Waals surface area contributed by atoms with E-state index in [4.69, 9.17) is 15.5 Å². The van der Waals surface area contributed by atoms with Gasteiger partial charge < -0.3 is 10.2 Å². The molecule has 76 valence electrons. The predicted molar refractivity (Wildman–Crippen MR) is 49.7 cm³/mol. The Hall–Kier alpha value is -2.35. The quantitative estimate of drug-likeness (QED) is 0.771. The average molecular weight is 205 g/mol. The molecule has 2 N–H and O–H groups in total. The maximum Gasteiger partial charge on any atom is 0.335 e. The zero-order valence-corrected chi connectivity index (χ0v) is 7.60. The van der Waals surface area contributed by atoms with Crippen LogP contribution in [0, 0.1) is 11.3 Å². The van der Waals surface area contributed by atoms with E-state index in [-0.39, 0.29) is 23.1 Å². The lowest BCUT2D eigenvalue weighted by atomic mass is 10.0. The highest BCUT2D eigenvalue weighted by Gasteiger charge is 2.12. The number of carboxylic acids is 2. The van der Waals surface area contributed by atoms with Gasteiger partial charge in [0.25, 0.3) is 0 Å². The molecule has 0 aliphatic rings. The summed E-state index contributed by atoms with van der Waals surface area (Å²) in [5.74, 6) is -2.32. The minimum Gasteiger partial charge on any atom is -0.478 e. The lowest BCUT2D eigenvalue weighted by Gasteiger charge is -2.03. The van der Waals surface area contributed by atoms with Gasteiger partial charge in [0.15, 0.2) is 0 Å². The first kappa shape index (κ1) is 10.7. The van der Waals surface area contributed by atoms with E-state index in [0.717, 1.165) is 0 Å². The first-order valence-corrected chi connectivity index (χ1v) is 4.02. The molecule has 1 aromatic rings. The molecular formula is C10H7NO4. The van der Waals surface area contributed by atoms with E-state index in [0.29, 0.717) is 0 Å². The number of hydrogen-bond acceptors (Lipinski definition) is 3. The fourth-order valence-electron chi connectivity index (χ4n) is 1.17. The highest BCUT2D eigenvalue weighted by molar-refractivity contribution is 5.93. The third-order valence-electron chi connectivity index (χ3n) is 1.85. The van der Waals surface area contributed by atoms with Crippen LogP contribution in [0.4, 0.5) is 0 Å². The van der Waals surface area contributed by atoms with Crippen LogP contribution in [0.5, 0.6) is 0 Å². The normalized spacial score (nSPS) is 9.27. The maximum absolute atomic E-state index is 10.7. The number of carbonyl (C=O) groups is 2. The summed E-state index contributed by atoms with van der Waals surface area (Å²) in [6.45, 7) is 0. The summed E-state index contributed by atoms with van der Waals surface area (Å²) in [5.41, 5.74) is 0.150. The molecule has 1 rings (SSSR count). The summed E-state index contributed by atoms with van der Waals surface area (Å²) < 4.78 is 0. The van der Waals surface area contributed by atoms with Crippen LogP contribution in [0.3, 0.4) is 0 Å². The van der Waals surface area contributed by atoms with Gasteiger partial charge in [-0.15, -0.1) is 0 Å². The smallest absolute Gasteiger partial charge is 0.335 e. The molecule has 0 aliphatic heterocycles. The van der Waals surface area contributed by atoms with Crippen molar-refractivity contribution in [2.45, 2.75) is 6.42 Å². The predicted octanol–water partition coefficient (Wildman–Crippen LogP) is 1.15. The second-order valence-electron chi connectivity index (χ2n) is 2.82. The number of rotatable bonds is 3. The number of nitrogens with zero attached hydrogens (tertiary/aromatic N) is 1. The Bertz CT molecular complexity index is 459. The van der Waals surface area contributed by atoms with Gasteiger partial charge >= 0.3 is 11.9 Å². The second kappa shape index (κ2) is 4.24. The third kappa shape index (κ3) is 2.31. The van der Waals surface area contributed by atoms with Crippen molar-refractivity contribution in [3.8, 4) is 6.07 Å². The van der Waals surface area contributed by atoms with Gasteiger partial charge in [0, 0.05) is 0 Å². The Balaban J connectivity index is 3.27. The zero-order chi connectivity index (χ0) is 11.4. The summed E-state index contributed by atoms with van der Waals surface area (Å²) in [6, 6.07) is 5.39. The van der Waals surface area contributed by atoms with Crippen molar-refractivity contribution in [3.05, 3.63) is 34.9 Å². The molecule has 0 bridgehead atoms. The largest absolute Gasteiger partial charge is 0.478 e. The lowest BCUT2D eigenvalue weighted by molar-refractivity contribution is 0.0680. The molecule has 0 heterocycles. The van der Waals surface area contributed by atoms with Crippen LogP contribution in [-0.2, 0) is 6.42 Å². The van der Waals surface area contributed by atoms with Crippen molar-refractivity contribution >= 4 is 11.9 Å². The van der Waals surface area contributed by atoms with Crippen LogP contribution in [0.25, 0.3) is 0 Å². The highest BCUT2D eigenvalue weighted by Crippen LogP contribution is 2.13. The summed E-state index contributed by atoms with van der Waals surface area (Å²) in [7, 11) is 0. The molecule has 0 spiro atoms. The van der Waals surface area contributed by atoms with E-state index >= 15 is 0 Å². The summed E-state index contributed by atoms with van der Waals surface area (Å²) >= 11 is 0. The third-order valence-corrected chi connectivity index (χ3v) is 1.85. The topological polar surface area (TPSA) is 98.4 Å². The molecule has 5 heteroatoms. The Morgan fingerprint density at radius 2 is 1.93 bits per heavy atom. The lowest BCUT2D eigenvalue weighted by Crippen LogP contribution is -2.05. The van der Waals surface area contributed by atoms with Crippen molar-refractivity contribution in [2.75, 3.05) is 0 Å². The standard InChI is InChI=1S/C10H7NO4/c11-4-3-6-5-7(9(12)13)1-2-8(6)10(14)15/h1-2,5H,3H2,(H,12,13)(H,14,15). The van der Waals surface area contributed by atoms with Gasteiger partial charge in [0.2, 0.25) is 0 Å². The van der Waals surface area contributed by atoms with E-state index in [1.165, 1.54) is 18.2 Å². The fourth-order valence-corrected chi connectivity index (χ4v) is 1.17. The van der Waals surface area contributed by atoms with E-state index in [9.17, 15) is 9.59 Å². The van der Waals surface area contributed by atoms with Crippen LogP contribution in [0.15, 0.2) is 18.2 Å². The van der Waals surface area contributed by atoms with Crippen LogP contribution >= 0.6 is 0 Å². The Kier molecular flexibility index (Phi) is 3.03. The van der Waals surface area contributed by atoms with E-state index in [1.54, 1.807) is 6.07 Å². The fraction of sp³-hybridized carbons (Fsp3) is 0.100. The van der Waals surface area contributed by atoms with Gasteiger partial charge in [0.1, 0.15) is 0 Å². The number of aromatic carboxylic acids is 2. The van der Waals surface area contributed by atoms with Gasteiger partial charge in [0.05, 0.1) is 23.6 Å². The Morgan fingerprint density at radius 3 is 2.40 bits per heavy atom. The van der Waals surface area contributed by atoms with Crippen molar-refractivity contribution in [2.24, 2.45) is 0 Å². The monoisotopic (exact) mass is 205 g/mol. The van der Waals surface area contributed by atoms with Gasteiger partial charge in [-0.25, -0.2) is 9.59 Å². The molecule has 1 aromatic carbocycles. The number of carboxylic acid groups (broad SMARTS) is 2. The van der Waals surface area contributed by atoms with Crippen molar-refractivity contribution in [1.29, 1.82) is 5.26 Å². The average Bonchev–Trinajstić information content (AvgIpc) is 2.17. The van der Waals surface area contributed by atoms with Crippen molar-refractivity contribution in [3.63, 3.8) is 0 Å². The van der Waals surface area contributed by atoms with Gasteiger partial charge in [-0.1, -0.05) is 0 Å². The van der Waals surface area contributed by atoms with Crippen LogP contribution < -0.4 is 0 Å². The van der Waals surface area contributed by atoms with Crippen LogP contribution in [0.1, 0.15) is 26.3 Å². The second-order valence-corrected chi connectivity index (χ2v) is 2.82. The van der Waals surface area contributed by atoms with E-state index in [2.05, 4.69) is 0 Å². The molecule has 0 saturated carbocycles. The van der Waals surface area contributed by atoms with Gasteiger partial charge in [-0.05, 0) is 23.8 Å². The molecule has 0 atom stereocenters. The van der Waals surface area contributed by atoms with Crippen LogP contribution in [0.2, 0.25) is 0 Å². The molecule has 5 nitrogen and oxygen atoms in total. The van der Waals surface area contributed by atoms with Gasteiger partial charge in [-0.3, -0.25) is 0 Å². The molecule has 0 aliphatic carbocycles. The number of benzene rings is 1. The molecule has 15 heavy (non-hydrogen) atoms. The summed E-state index contributed by atoms with van der Waals surface area (Å²) in [6.07, 6.45) is -0.122.